The molecule has 0 fully saturated rings. The van der Waals surface area contributed by atoms with Crippen molar-refractivity contribution in [3.63, 3.8) is 0 Å². The van der Waals surface area contributed by atoms with Crippen molar-refractivity contribution in [1.29, 1.82) is 0 Å². The van der Waals surface area contributed by atoms with Crippen molar-refractivity contribution in [2.45, 2.75) is 19.6 Å². The maximum Gasteiger partial charge on any atom is 0.210 e. The first-order valence-corrected chi connectivity index (χ1v) is 9.57. The van der Waals surface area contributed by atoms with Gasteiger partial charge in [-0.1, -0.05) is 17.7 Å². The van der Waals surface area contributed by atoms with Crippen LogP contribution in [0.25, 0.3) is 16.8 Å². The van der Waals surface area contributed by atoms with Crippen LogP contribution >= 0.6 is 7.60 Å². The van der Waals surface area contributed by atoms with Gasteiger partial charge in [0.2, 0.25) is 5.69 Å². The highest BCUT2D eigenvalue weighted by Gasteiger charge is 2.16. The molecule has 1 unspecified atom stereocenters. The molecule has 0 saturated carbocycles. The van der Waals surface area contributed by atoms with Crippen molar-refractivity contribution < 1.29 is 23.5 Å². The molecule has 25 heavy (non-hydrogen) atoms. The fraction of sp³-hybridized carbons (Fsp3) is 0.158. The summed E-state index contributed by atoms with van der Waals surface area (Å²) in [5, 5.41) is 0. The SMILES string of the molecule is Cc1ccc(-[n+]2ccc(-c3cc[n+](C(C)P(=O)([O-])[O-])cc3)cc2)cc1. The van der Waals surface area contributed by atoms with Gasteiger partial charge in [-0.3, -0.25) is 0 Å². The molecule has 1 atom stereocenters. The van der Waals surface area contributed by atoms with Crippen molar-refractivity contribution in [2.24, 2.45) is 0 Å². The molecule has 0 saturated heterocycles. The quantitative estimate of drug-likeness (QED) is 0.528. The second-order valence-electron chi connectivity index (χ2n) is 6.04. The average molecular weight is 354 g/mol. The van der Waals surface area contributed by atoms with E-state index in [1.807, 2.05) is 29.1 Å². The fourth-order valence-corrected chi connectivity index (χ4v) is 3.03. The van der Waals surface area contributed by atoms with Gasteiger partial charge in [0.05, 0.1) is 0 Å². The minimum Gasteiger partial charge on any atom is -0.806 e. The molecular weight excluding hydrogens is 335 g/mol. The van der Waals surface area contributed by atoms with E-state index in [1.54, 1.807) is 24.5 Å². The van der Waals surface area contributed by atoms with Gasteiger partial charge in [0.1, 0.15) is 0 Å². The molecule has 5 nitrogen and oxygen atoms in total. The number of pyridine rings is 2. The molecule has 3 rings (SSSR count). The van der Waals surface area contributed by atoms with Gasteiger partial charge >= 0.3 is 0 Å². The highest BCUT2D eigenvalue weighted by Crippen LogP contribution is 2.35. The van der Waals surface area contributed by atoms with Crippen LogP contribution in [0, 0.1) is 6.92 Å². The number of rotatable bonds is 4. The van der Waals surface area contributed by atoms with Crippen molar-refractivity contribution in [3.8, 4) is 16.8 Å². The molecule has 0 bridgehead atoms. The summed E-state index contributed by atoms with van der Waals surface area (Å²) in [4.78, 5) is 22.3. The Kier molecular flexibility index (Phi) is 4.82. The third kappa shape index (κ3) is 4.02. The zero-order chi connectivity index (χ0) is 18.0. The van der Waals surface area contributed by atoms with E-state index in [1.165, 1.54) is 17.1 Å². The van der Waals surface area contributed by atoms with Gasteiger partial charge in [0.15, 0.2) is 30.6 Å². The van der Waals surface area contributed by atoms with Crippen LogP contribution in [-0.4, -0.2) is 0 Å². The van der Waals surface area contributed by atoms with Crippen LogP contribution in [-0.2, 0) is 4.57 Å². The Morgan fingerprint density at radius 2 is 1.32 bits per heavy atom. The summed E-state index contributed by atoms with van der Waals surface area (Å²) < 4.78 is 14.6. The summed E-state index contributed by atoms with van der Waals surface area (Å²) in [5.41, 5.74) is 4.26. The molecule has 0 radical (unpaired) electrons. The van der Waals surface area contributed by atoms with E-state index in [-0.39, 0.29) is 0 Å². The summed E-state index contributed by atoms with van der Waals surface area (Å²) in [5.74, 6) is -1.10. The topological polar surface area (TPSA) is 71.0 Å². The Bertz CT molecular complexity index is 901. The number of nitrogens with zero attached hydrogens (tertiary/aromatic N) is 2. The molecule has 0 N–H and O–H groups in total. The molecular formula is C19H19N2O3P. The van der Waals surface area contributed by atoms with Gasteiger partial charge in [0.25, 0.3) is 0 Å². The van der Waals surface area contributed by atoms with Crippen molar-refractivity contribution in [1.82, 2.24) is 0 Å². The molecule has 0 aliphatic heterocycles. The third-order valence-electron chi connectivity index (χ3n) is 4.24. The minimum absolute atomic E-state index is 0.950. The molecule has 0 spiro atoms. The second-order valence-corrected chi connectivity index (χ2v) is 7.86. The molecule has 0 aliphatic carbocycles. The normalized spacial score (nSPS) is 12.8. The van der Waals surface area contributed by atoms with E-state index in [0.29, 0.717) is 0 Å². The molecule has 0 aliphatic rings. The zero-order valence-electron chi connectivity index (χ0n) is 14.1. The monoisotopic (exact) mass is 354 g/mol. The Morgan fingerprint density at radius 1 is 0.840 bits per heavy atom. The Balaban J connectivity index is 1.83. The van der Waals surface area contributed by atoms with Crippen molar-refractivity contribution in [2.75, 3.05) is 0 Å². The van der Waals surface area contributed by atoms with Gasteiger partial charge in [0, 0.05) is 50.9 Å². The predicted octanol–water partition coefficient (Wildman–Crippen LogP) is 1.66. The first kappa shape index (κ1) is 17.5. The van der Waals surface area contributed by atoms with Gasteiger partial charge in [-0.15, -0.1) is 0 Å². The Morgan fingerprint density at radius 3 is 1.80 bits per heavy atom. The number of benzene rings is 1. The summed E-state index contributed by atoms with van der Waals surface area (Å²) in [7, 11) is -4.65. The van der Waals surface area contributed by atoms with E-state index < -0.39 is 13.4 Å². The predicted molar refractivity (Wildman–Crippen MR) is 90.7 cm³/mol. The molecule has 1 aromatic carbocycles. The van der Waals surface area contributed by atoms with Crippen LogP contribution < -0.4 is 18.9 Å². The molecule has 128 valence electrons. The standard InChI is InChI=1S/C19H19N2O3P/c1-15-3-5-19(6-4-15)21-13-9-18(10-14-21)17-7-11-20(12-8-17)16(2)25(22,23)24/h3-14,16H,1-2H3. The van der Waals surface area contributed by atoms with E-state index in [2.05, 4.69) is 31.2 Å². The van der Waals surface area contributed by atoms with E-state index >= 15 is 0 Å². The lowest BCUT2D eigenvalue weighted by Gasteiger charge is -2.31. The van der Waals surface area contributed by atoms with Crippen molar-refractivity contribution >= 4 is 7.60 Å². The van der Waals surface area contributed by atoms with Gasteiger partial charge in [-0.05, 0) is 18.1 Å². The zero-order valence-corrected chi connectivity index (χ0v) is 15.0. The number of aromatic nitrogens is 2. The van der Waals surface area contributed by atoms with E-state index in [9.17, 15) is 14.4 Å². The fourth-order valence-electron chi connectivity index (χ4n) is 2.55. The number of aryl methyl sites for hydroxylation is 1. The maximum atomic E-state index is 11.1. The molecule has 2 heterocycles. The summed E-state index contributed by atoms with van der Waals surface area (Å²) in [6.45, 7) is 3.44. The molecule has 6 heteroatoms. The molecule has 0 amide bonds. The second kappa shape index (κ2) is 6.89. The smallest absolute Gasteiger partial charge is 0.210 e. The lowest BCUT2D eigenvalue weighted by molar-refractivity contribution is -0.707. The largest absolute Gasteiger partial charge is 0.806 e. The maximum absolute atomic E-state index is 11.1. The lowest BCUT2D eigenvalue weighted by Crippen LogP contribution is -2.41. The summed E-state index contributed by atoms with van der Waals surface area (Å²) in [6, 6.07) is 15.9. The number of hydrogen-bond acceptors (Lipinski definition) is 3. The van der Waals surface area contributed by atoms with Crippen LogP contribution in [0.1, 0.15) is 18.3 Å². The first-order chi connectivity index (χ1) is 11.8. The van der Waals surface area contributed by atoms with E-state index in [0.717, 1.165) is 16.8 Å². The summed E-state index contributed by atoms with van der Waals surface area (Å²) >= 11 is 0. The van der Waals surface area contributed by atoms with Crippen LogP contribution in [0.3, 0.4) is 0 Å². The van der Waals surface area contributed by atoms with Gasteiger partial charge in [-0.2, -0.15) is 9.13 Å². The highest BCUT2D eigenvalue weighted by molar-refractivity contribution is 7.48. The van der Waals surface area contributed by atoms with Crippen molar-refractivity contribution in [3.05, 3.63) is 78.9 Å². The average Bonchev–Trinajstić information content (AvgIpc) is 2.61. The third-order valence-corrected chi connectivity index (χ3v) is 5.42. The number of hydrogen-bond donors (Lipinski definition) is 0. The van der Waals surface area contributed by atoms with Gasteiger partial charge in [-0.25, -0.2) is 0 Å². The first-order valence-electron chi connectivity index (χ1n) is 7.96. The lowest BCUT2D eigenvalue weighted by atomic mass is 10.1. The van der Waals surface area contributed by atoms with Crippen LogP contribution in [0.4, 0.5) is 0 Å². The highest BCUT2D eigenvalue weighted by atomic mass is 31.2. The van der Waals surface area contributed by atoms with E-state index in [4.69, 9.17) is 0 Å². The minimum atomic E-state index is -4.65. The summed E-state index contributed by atoms with van der Waals surface area (Å²) in [6.07, 6.45) is 7.19. The van der Waals surface area contributed by atoms with Crippen LogP contribution in [0.2, 0.25) is 0 Å². The molecule has 3 aromatic rings. The Hall–Kier alpha value is -2.33. The Labute approximate surface area is 147 Å². The molecule has 2 aromatic heterocycles. The van der Waals surface area contributed by atoms with Crippen LogP contribution in [0.15, 0.2) is 73.3 Å². The van der Waals surface area contributed by atoms with Gasteiger partial charge < -0.3 is 14.4 Å². The van der Waals surface area contributed by atoms with Crippen LogP contribution in [0.5, 0.6) is 0 Å².